The smallest absolute Gasteiger partial charge is 0.462 e. The van der Waals surface area contributed by atoms with Crippen molar-refractivity contribution < 1.29 is 42.1 Å². The van der Waals surface area contributed by atoms with E-state index < -0.39 is 26.5 Å². The minimum atomic E-state index is -4.38. The maximum Gasteiger partial charge on any atom is 0.472 e. The van der Waals surface area contributed by atoms with E-state index in [0.29, 0.717) is 23.9 Å². The van der Waals surface area contributed by atoms with E-state index in [1.54, 1.807) is 0 Å². The Kier molecular flexibility index (Phi) is 48.4. The Hall–Kier alpha value is -2.03. The fourth-order valence-electron chi connectivity index (χ4n) is 8.01. The van der Waals surface area contributed by atoms with Gasteiger partial charge in [-0.1, -0.05) is 242 Å². The summed E-state index contributed by atoms with van der Waals surface area (Å²) in [5, 5.41) is 0. The molecule has 0 saturated heterocycles. The van der Waals surface area contributed by atoms with E-state index in [0.717, 1.165) is 57.8 Å². The van der Waals surface area contributed by atoms with Crippen LogP contribution < -0.4 is 0 Å². The van der Waals surface area contributed by atoms with Gasteiger partial charge in [-0.2, -0.15) is 0 Å². The fourth-order valence-corrected chi connectivity index (χ4v) is 8.75. The molecule has 0 aliphatic carbocycles. The number of nitrogens with zero attached hydrogens (tertiary/aromatic N) is 1. The van der Waals surface area contributed by atoms with Crippen LogP contribution in [-0.2, 0) is 32.7 Å². The number of phosphoric acid groups is 1. The van der Waals surface area contributed by atoms with Crippen molar-refractivity contribution in [3.05, 3.63) is 48.6 Å². The molecule has 0 fully saturated rings. The van der Waals surface area contributed by atoms with Crippen LogP contribution in [0.2, 0.25) is 0 Å². The first-order chi connectivity index (χ1) is 33.0. The third kappa shape index (κ3) is 53.3. The first-order valence-electron chi connectivity index (χ1n) is 28.4. The minimum absolute atomic E-state index is 0.0337. The van der Waals surface area contributed by atoms with Gasteiger partial charge in [-0.05, 0) is 51.4 Å². The van der Waals surface area contributed by atoms with Crippen molar-refractivity contribution in [3.8, 4) is 0 Å². The van der Waals surface area contributed by atoms with Crippen molar-refractivity contribution >= 4 is 19.8 Å². The number of phosphoric ester groups is 1. The summed E-state index contributed by atoms with van der Waals surface area (Å²) in [6.07, 6.45) is 61.8. The topological polar surface area (TPSA) is 108 Å². The van der Waals surface area contributed by atoms with E-state index in [4.69, 9.17) is 18.5 Å². The van der Waals surface area contributed by atoms with Gasteiger partial charge in [-0.3, -0.25) is 18.6 Å². The summed E-state index contributed by atoms with van der Waals surface area (Å²) in [5.41, 5.74) is 0. The molecule has 0 radical (unpaired) electrons. The number of quaternary nitrogens is 1. The molecule has 9 nitrogen and oxygen atoms in total. The number of rotatable bonds is 52. The molecule has 2 unspecified atom stereocenters. The second-order valence-corrected chi connectivity index (χ2v) is 21.8. The Bertz CT molecular complexity index is 1290. The monoisotopic (exact) mass is 979 g/mol. The predicted octanol–water partition coefficient (Wildman–Crippen LogP) is 17.4. The number of hydrogen-bond donors (Lipinski definition) is 1. The van der Waals surface area contributed by atoms with Gasteiger partial charge in [0.25, 0.3) is 0 Å². The second kappa shape index (κ2) is 49.9. The highest BCUT2D eigenvalue weighted by Gasteiger charge is 2.27. The Morgan fingerprint density at radius 3 is 1.25 bits per heavy atom. The van der Waals surface area contributed by atoms with Crippen LogP contribution in [0.1, 0.15) is 258 Å². The molecular weight excluding hydrogens is 870 g/mol. The van der Waals surface area contributed by atoms with E-state index in [9.17, 15) is 19.0 Å². The van der Waals surface area contributed by atoms with Crippen LogP contribution in [0, 0.1) is 0 Å². The van der Waals surface area contributed by atoms with Crippen LogP contribution in [0.25, 0.3) is 0 Å². The lowest BCUT2D eigenvalue weighted by Gasteiger charge is -2.24. The largest absolute Gasteiger partial charge is 0.472 e. The van der Waals surface area contributed by atoms with E-state index in [-0.39, 0.29) is 25.6 Å². The number of hydrogen-bond acceptors (Lipinski definition) is 7. The van der Waals surface area contributed by atoms with Gasteiger partial charge in [-0.25, -0.2) is 4.57 Å². The second-order valence-electron chi connectivity index (χ2n) is 20.3. The number of carbonyl (C=O) groups is 2. The Morgan fingerprint density at radius 2 is 0.838 bits per heavy atom. The van der Waals surface area contributed by atoms with E-state index >= 15 is 0 Å². The van der Waals surface area contributed by atoms with Crippen LogP contribution >= 0.6 is 7.82 Å². The van der Waals surface area contributed by atoms with Crippen molar-refractivity contribution in [2.24, 2.45) is 0 Å². The number of allylic oxidation sites excluding steroid dienone is 8. The van der Waals surface area contributed by atoms with Crippen molar-refractivity contribution in [3.63, 3.8) is 0 Å². The predicted molar refractivity (Wildman–Crippen MR) is 289 cm³/mol. The molecule has 0 aliphatic rings. The molecule has 0 aliphatic heterocycles. The van der Waals surface area contributed by atoms with Crippen LogP contribution in [0.15, 0.2) is 48.6 Å². The van der Waals surface area contributed by atoms with Gasteiger partial charge in [0.2, 0.25) is 0 Å². The van der Waals surface area contributed by atoms with Gasteiger partial charge in [0.1, 0.15) is 19.8 Å². The first kappa shape index (κ1) is 66.0. The fraction of sp³-hybridized carbons (Fsp3) is 0.828. The molecule has 0 aromatic heterocycles. The van der Waals surface area contributed by atoms with E-state index in [2.05, 4.69) is 62.5 Å². The van der Waals surface area contributed by atoms with Gasteiger partial charge in [0.05, 0.1) is 27.7 Å². The molecule has 0 aromatic carbocycles. The Labute approximate surface area is 420 Å². The number of unbranched alkanes of at least 4 members (excludes halogenated alkanes) is 30. The average Bonchev–Trinajstić information content (AvgIpc) is 3.30. The molecule has 10 heteroatoms. The summed E-state index contributed by atoms with van der Waals surface area (Å²) in [7, 11) is 1.49. The molecule has 0 bridgehead atoms. The highest BCUT2D eigenvalue weighted by molar-refractivity contribution is 7.47. The Morgan fingerprint density at radius 1 is 0.471 bits per heavy atom. The number of esters is 2. The zero-order chi connectivity index (χ0) is 49.9. The third-order valence-corrected chi connectivity index (χ3v) is 13.4. The SMILES string of the molecule is CC/C=C\C/C=C\C/C=C\C/C=C\CCCCCCCCCCCCCCCCCCCCC(=O)OC(COC(=O)CCCCCCCCCCCCCCC)COP(=O)(O)OCC[N+](C)(C)C. The highest BCUT2D eigenvalue weighted by Crippen LogP contribution is 2.43. The molecule has 2 atom stereocenters. The van der Waals surface area contributed by atoms with Crippen molar-refractivity contribution in [2.45, 2.75) is 264 Å². The molecule has 0 saturated carbocycles. The van der Waals surface area contributed by atoms with Crippen molar-refractivity contribution in [1.29, 1.82) is 0 Å². The lowest BCUT2D eigenvalue weighted by Crippen LogP contribution is -2.37. The number of carbonyl (C=O) groups excluding carboxylic acids is 2. The normalized spacial score (nSPS) is 13.7. The average molecular weight is 979 g/mol. The lowest BCUT2D eigenvalue weighted by molar-refractivity contribution is -0.870. The maximum absolute atomic E-state index is 12.8. The van der Waals surface area contributed by atoms with E-state index in [1.165, 1.54) is 167 Å². The van der Waals surface area contributed by atoms with Gasteiger partial charge < -0.3 is 18.9 Å². The van der Waals surface area contributed by atoms with E-state index in [1.807, 2.05) is 21.1 Å². The summed E-state index contributed by atoms with van der Waals surface area (Å²) in [6.45, 7) is 4.35. The van der Waals surface area contributed by atoms with Gasteiger partial charge in [-0.15, -0.1) is 0 Å². The van der Waals surface area contributed by atoms with Crippen LogP contribution in [-0.4, -0.2) is 74.9 Å². The summed E-state index contributed by atoms with van der Waals surface area (Å²) in [5.74, 6) is -0.786. The molecule has 0 aromatic rings. The standard InChI is InChI=1S/C58H108NO8P/c1-6-8-10-12-14-16-18-20-21-22-23-24-25-26-27-28-29-30-31-32-33-34-35-36-37-39-41-43-45-47-49-51-58(61)67-56(55-66-68(62,63)65-53-52-59(3,4)5)54-64-57(60)50-48-46-44-42-40-38-19-17-15-13-11-9-7-2/h8,10,14,16,20-21,23-24,56H,6-7,9,11-13,15,17-19,22,25-55H2,1-5H3/p+1/b10-8-,16-14-,21-20-,24-23-. The molecule has 0 amide bonds. The van der Waals surface area contributed by atoms with Crippen LogP contribution in [0.3, 0.4) is 0 Å². The first-order valence-corrected chi connectivity index (χ1v) is 29.9. The summed E-state index contributed by atoms with van der Waals surface area (Å²) < 4.78 is 34.5. The number of ether oxygens (including phenoxy) is 2. The molecule has 0 rings (SSSR count). The zero-order valence-corrected chi connectivity index (χ0v) is 46.0. The van der Waals surface area contributed by atoms with Crippen molar-refractivity contribution in [2.75, 3.05) is 47.5 Å². The van der Waals surface area contributed by atoms with Gasteiger partial charge in [0.15, 0.2) is 6.10 Å². The maximum atomic E-state index is 12.8. The molecule has 398 valence electrons. The Balaban J connectivity index is 4.03. The van der Waals surface area contributed by atoms with Crippen LogP contribution in [0.5, 0.6) is 0 Å². The summed E-state index contributed by atoms with van der Waals surface area (Å²) in [4.78, 5) is 35.6. The van der Waals surface area contributed by atoms with Gasteiger partial charge in [0, 0.05) is 12.8 Å². The molecule has 68 heavy (non-hydrogen) atoms. The third-order valence-electron chi connectivity index (χ3n) is 12.4. The molecule has 0 heterocycles. The van der Waals surface area contributed by atoms with Gasteiger partial charge >= 0.3 is 19.8 Å². The number of likely N-dealkylation sites (N-methyl/N-ethyl adjacent to an activating group) is 1. The quantitative estimate of drug-likeness (QED) is 0.0211. The van der Waals surface area contributed by atoms with Crippen molar-refractivity contribution in [1.82, 2.24) is 0 Å². The zero-order valence-electron chi connectivity index (χ0n) is 45.1. The minimum Gasteiger partial charge on any atom is -0.462 e. The summed E-state index contributed by atoms with van der Waals surface area (Å²) in [6, 6.07) is 0. The highest BCUT2D eigenvalue weighted by atomic mass is 31.2. The molecule has 1 N–H and O–H groups in total. The molecule has 0 spiro atoms. The lowest BCUT2D eigenvalue weighted by atomic mass is 10.0. The summed E-state index contributed by atoms with van der Waals surface area (Å²) >= 11 is 0. The van der Waals surface area contributed by atoms with Crippen LogP contribution in [0.4, 0.5) is 0 Å². The molecular formula is C58H109NO8P+.